The molecular formula is C6H5N5. The predicted octanol–water partition coefficient (Wildman–Crippen LogP) is 1.44. The van der Waals surface area contributed by atoms with Crippen LogP contribution in [0.4, 0.5) is 0 Å². The molecule has 5 nitrogen and oxygen atoms in total. The summed E-state index contributed by atoms with van der Waals surface area (Å²) in [6.07, 6.45) is 5.01. The quantitative estimate of drug-likeness (QED) is 0.553. The largest absolute Gasteiger partial charge is 0.382 e. The van der Waals surface area contributed by atoms with Gasteiger partial charge in [0.15, 0.2) is 0 Å². The molecule has 0 saturated carbocycles. The van der Waals surface area contributed by atoms with Crippen molar-refractivity contribution in [3.05, 3.63) is 35.6 Å². The van der Waals surface area contributed by atoms with Crippen molar-refractivity contribution in [2.24, 2.45) is 26.2 Å². The fraction of sp³-hybridized carbons (Fsp3) is 0. The molecule has 0 atom stereocenters. The normalized spacial score (nSPS) is 26.7. The molecule has 0 fully saturated rings. The molecule has 2 aliphatic heterocycles. The van der Waals surface area contributed by atoms with Gasteiger partial charge in [-0.15, -0.1) is 15.3 Å². The third-order valence-corrected chi connectivity index (χ3v) is 1.28. The van der Waals surface area contributed by atoms with Crippen molar-refractivity contribution in [3.63, 3.8) is 0 Å². The molecule has 0 aliphatic carbocycles. The van der Waals surface area contributed by atoms with E-state index in [0.29, 0.717) is 17.2 Å². The number of azo groups is 2. The average molecular weight is 147 g/mol. The zero-order valence-corrected chi connectivity index (χ0v) is 5.60. The summed E-state index contributed by atoms with van der Waals surface area (Å²) in [4.78, 5) is 0. The molecule has 0 aromatic heterocycles. The summed E-state index contributed by atoms with van der Waals surface area (Å²) in [6, 6.07) is 0. The van der Waals surface area contributed by atoms with Crippen LogP contribution in [0.15, 0.2) is 56.0 Å². The molecular weight excluding hydrogens is 142 g/mol. The van der Waals surface area contributed by atoms with Gasteiger partial charge in [0.1, 0.15) is 17.2 Å². The molecule has 5 heteroatoms. The van der Waals surface area contributed by atoms with Crippen LogP contribution in [0, 0.1) is 0 Å². The van der Waals surface area contributed by atoms with Gasteiger partial charge < -0.3 is 5.73 Å². The van der Waals surface area contributed by atoms with Gasteiger partial charge >= 0.3 is 0 Å². The Morgan fingerprint density at radius 1 is 1.09 bits per heavy atom. The zero-order chi connectivity index (χ0) is 7.68. The van der Waals surface area contributed by atoms with E-state index in [-0.39, 0.29) is 0 Å². The van der Waals surface area contributed by atoms with Crippen molar-refractivity contribution in [2.75, 3.05) is 0 Å². The van der Waals surface area contributed by atoms with Crippen LogP contribution in [0.25, 0.3) is 0 Å². The Morgan fingerprint density at radius 2 is 2.00 bits per heavy atom. The van der Waals surface area contributed by atoms with Gasteiger partial charge in [-0.3, -0.25) is 0 Å². The topological polar surface area (TPSA) is 75.5 Å². The Labute approximate surface area is 62.7 Å². The van der Waals surface area contributed by atoms with Crippen LogP contribution in [0.1, 0.15) is 0 Å². The lowest BCUT2D eigenvalue weighted by Crippen LogP contribution is -1.87. The first-order valence-electron chi connectivity index (χ1n) is 3.07. The van der Waals surface area contributed by atoms with Crippen molar-refractivity contribution in [1.29, 1.82) is 0 Å². The maximum atomic E-state index is 5.36. The minimum atomic E-state index is 0.406. The Balaban J connectivity index is 2.44. The number of hydrogen-bond donors (Lipinski definition) is 1. The number of nitrogens with zero attached hydrogens (tertiary/aromatic N) is 4. The highest BCUT2D eigenvalue weighted by Gasteiger charge is 2.08. The Hall–Kier alpha value is -1.78. The average Bonchev–Trinajstić information content (AvgIpc) is 2.55. The van der Waals surface area contributed by atoms with E-state index in [4.69, 9.17) is 5.73 Å². The number of hydrogen-bond acceptors (Lipinski definition) is 5. The van der Waals surface area contributed by atoms with Crippen LogP contribution in [-0.2, 0) is 0 Å². The summed E-state index contributed by atoms with van der Waals surface area (Å²) < 4.78 is 0. The van der Waals surface area contributed by atoms with Gasteiger partial charge in [0, 0.05) is 6.08 Å². The van der Waals surface area contributed by atoms with E-state index in [9.17, 15) is 0 Å². The second-order valence-corrected chi connectivity index (χ2v) is 2.07. The van der Waals surface area contributed by atoms with E-state index in [1.165, 1.54) is 0 Å². The van der Waals surface area contributed by atoms with Crippen LogP contribution in [-0.4, -0.2) is 0 Å². The fourth-order valence-electron chi connectivity index (χ4n) is 0.804. The van der Waals surface area contributed by atoms with Gasteiger partial charge in [0.05, 0.1) is 6.20 Å². The SMILES string of the molecule is NC1=CC(=C2C=CN=N2)N=N1. The number of rotatable bonds is 0. The van der Waals surface area contributed by atoms with E-state index in [1.54, 1.807) is 18.4 Å². The van der Waals surface area contributed by atoms with Gasteiger partial charge in [-0.25, -0.2) is 0 Å². The van der Waals surface area contributed by atoms with E-state index in [2.05, 4.69) is 20.5 Å². The minimum absolute atomic E-state index is 0.406. The second kappa shape index (κ2) is 2.12. The summed E-state index contributed by atoms with van der Waals surface area (Å²) in [6.45, 7) is 0. The maximum Gasteiger partial charge on any atom is 0.148 e. The Bertz CT molecular complexity index is 317. The minimum Gasteiger partial charge on any atom is -0.382 e. The van der Waals surface area contributed by atoms with Crippen molar-refractivity contribution < 1.29 is 0 Å². The molecule has 2 heterocycles. The third kappa shape index (κ3) is 0.958. The lowest BCUT2D eigenvalue weighted by Gasteiger charge is -1.85. The Morgan fingerprint density at radius 3 is 2.55 bits per heavy atom. The third-order valence-electron chi connectivity index (χ3n) is 1.28. The van der Waals surface area contributed by atoms with Crippen LogP contribution < -0.4 is 5.73 Å². The highest BCUT2D eigenvalue weighted by molar-refractivity contribution is 5.36. The molecule has 0 amide bonds. The molecule has 11 heavy (non-hydrogen) atoms. The Kier molecular flexibility index (Phi) is 1.15. The van der Waals surface area contributed by atoms with Crippen LogP contribution in [0.2, 0.25) is 0 Å². The summed E-state index contributed by atoms with van der Waals surface area (Å²) in [5.74, 6) is 0.406. The standard InChI is InChI=1S/C6H5N5/c7-6-3-5(10-11-6)4-1-2-8-9-4/h1-3H,7H2. The van der Waals surface area contributed by atoms with Crippen LogP contribution >= 0.6 is 0 Å². The van der Waals surface area contributed by atoms with Gasteiger partial charge in [0.2, 0.25) is 0 Å². The van der Waals surface area contributed by atoms with Crippen LogP contribution in [0.3, 0.4) is 0 Å². The summed E-state index contributed by atoms with van der Waals surface area (Å²) in [7, 11) is 0. The summed E-state index contributed by atoms with van der Waals surface area (Å²) in [5.41, 5.74) is 6.73. The predicted molar refractivity (Wildman–Crippen MR) is 38.1 cm³/mol. The van der Waals surface area contributed by atoms with Gasteiger partial charge in [-0.05, 0) is 6.08 Å². The maximum absolute atomic E-state index is 5.36. The molecule has 0 saturated heterocycles. The monoisotopic (exact) mass is 147 g/mol. The van der Waals surface area contributed by atoms with Crippen molar-refractivity contribution in [1.82, 2.24) is 0 Å². The highest BCUT2D eigenvalue weighted by Crippen LogP contribution is 2.21. The summed E-state index contributed by atoms with van der Waals surface area (Å²) in [5, 5.41) is 14.9. The van der Waals surface area contributed by atoms with Gasteiger partial charge in [-0.1, -0.05) is 0 Å². The van der Waals surface area contributed by atoms with Crippen molar-refractivity contribution in [3.8, 4) is 0 Å². The van der Waals surface area contributed by atoms with Gasteiger partial charge in [-0.2, -0.15) is 5.11 Å². The van der Waals surface area contributed by atoms with Crippen molar-refractivity contribution >= 4 is 0 Å². The molecule has 0 spiro atoms. The van der Waals surface area contributed by atoms with E-state index < -0.39 is 0 Å². The molecule has 54 valence electrons. The molecule has 2 rings (SSSR count). The fourth-order valence-corrected chi connectivity index (χ4v) is 0.804. The van der Waals surface area contributed by atoms with Gasteiger partial charge in [0.25, 0.3) is 0 Å². The van der Waals surface area contributed by atoms with Crippen LogP contribution in [0.5, 0.6) is 0 Å². The molecule has 0 bridgehead atoms. The van der Waals surface area contributed by atoms with E-state index >= 15 is 0 Å². The highest BCUT2D eigenvalue weighted by atomic mass is 15.2. The second-order valence-electron chi connectivity index (χ2n) is 2.07. The van der Waals surface area contributed by atoms with Crippen molar-refractivity contribution in [2.45, 2.75) is 0 Å². The van der Waals surface area contributed by atoms with E-state index in [1.807, 2.05) is 0 Å². The lowest BCUT2D eigenvalue weighted by atomic mass is 10.3. The molecule has 2 aliphatic rings. The van der Waals surface area contributed by atoms with E-state index in [0.717, 1.165) is 0 Å². The molecule has 0 aromatic rings. The number of allylic oxidation sites excluding steroid dienone is 2. The summed E-state index contributed by atoms with van der Waals surface area (Å²) >= 11 is 0. The molecule has 2 N–H and O–H groups in total. The number of nitrogens with two attached hydrogens (primary N) is 1. The zero-order valence-electron chi connectivity index (χ0n) is 5.60. The first-order valence-corrected chi connectivity index (χ1v) is 3.07. The first-order chi connectivity index (χ1) is 5.36. The first kappa shape index (κ1) is 5.96. The smallest absolute Gasteiger partial charge is 0.148 e. The molecule has 0 unspecified atom stereocenters. The lowest BCUT2D eigenvalue weighted by molar-refractivity contribution is 1.11. The molecule has 0 radical (unpaired) electrons. The molecule has 0 aromatic carbocycles.